The number of fused-ring (bicyclic) bond motifs is 1. The Morgan fingerprint density at radius 3 is 2.95 bits per heavy atom. The zero-order valence-electron chi connectivity index (χ0n) is 11.4. The summed E-state index contributed by atoms with van der Waals surface area (Å²) in [4.78, 5) is 13.5. The van der Waals surface area contributed by atoms with E-state index in [1.54, 1.807) is 6.92 Å². The number of anilines is 1. The van der Waals surface area contributed by atoms with Gasteiger partial charge in [0, 0.05) is 18.8 Å². The predicted molar refractivity (Wildman–Crippen MR) is 75.6 cm³/mol. The molecule has 0 saturated heterocycles. The first-order chi connectivity index (χ1) is 9.15. The van der Waals surface area contributed by atoms with Crippen molar-refractivity contribution in [3.63, 3.8) is 0 Å². The molecule has 2 aliphatic rings. The van der Waals surface area contributed by atoms with E-state index in [-0.39, 0.29) is 5.92 Å². The lowest BCUT2D eigenvalue weighted by Gasteiger charge is -2.23. The second kappa shape index (κ2) is 4.87. The Bertz CT molecular complexity index is 494. The fourth-order valence-corrected chi connectivity index (χ4v) is 3.00. The number of para-hydroxylation sites is 1. The van der Waals surface area contributed by atoms with E-state index in [2.05, 4.69) is 23.1 Å². The molecule has 19 heavy (non-hydrogen) atoms. The van der Waals surface area contributed by atoms with E-state index in [0.29, 0.717) is 6.42 Å². The molecule has 1 saturated carbocycles. The number of carboxylic acids is 1. The highest BCUT2D eigenvalue weighted by atomic mass is 16.4. The molecule has 3 rings (SSSR count). The summed E-state index contributed by atoms with van der Waals surface area (Å²) in [5.41, 5.74) is 3.95. The van der Waals surface area contributed by atoms with Crippen molar-refractivity contribution in [2.75, 3.05) is 18.0 Å². The standard InChI is InChI=1S/C16H21NO2/c1-11(16(18)19)9-14-4-2-3-13-7-8-17(15(13)14)10-12-5-6-12/h2-4,11-12H,5-10H2,1H3,(H,18,19). The Morgan fingerprint density at radius 1 is 1.47 bits per heavy atom. The Hall–Kier alpha value is -1.51. The van der Waals surface area contributed by atoms with Gasteiger partial charge in [-0.2, -0.15) is 0 Å². The molecule has 1 aromatic rings. The molecule has 1 aromatic carbocycles. The van der Waals surface area contributed by atoms with Crippen LogP contribution in [0.25, 0.3) is 0 Å². The van der Waals surface area contributed by atoms with Crippen LogP contribution in [-0.2, 0) is 17.6 Å². The van der Waals surface area contributed by atoms with Crippen LogP contribution in [0.5, 0.6) is 0 Å². The lowest BCUT2D eigenvalue weighted by Crippen LogP contribution is -2.24. The molecule has 3 nitrogen and oxygen atoms in total. The molecular formula is C16H21NO2. The molecule has 0 spiro atoms. The average molecular weight is 259 g/mol. The Morgan fingerprint density at radius 2 is 2.26 bits per heavy atom. The van der Waals surface area contributed by atoms with E-state index >= 15 is 0 Å². The van der Waals surface area contributed by atoms with Crippen LogP contribution in [0.3, 0.4) is 0 Å². The van der Waals surface area contributed by atoms with Crippen LogP contribution in [0.15, 0.2) is 18.2 Å². The molecule has 0 amide bonds. The number of hydrogen-bond acceptors (Lipinski definition) is 2. The zero-order valence-corrected chi connectivity index (χ0v) is 11.4. The van der Waals surface area contributed by atoms with Gasteiger partial charge >= 0.3 is 5.97 Å². The third-order valence-corrected chi connectivity index (χ3v) is 4.29. The predicted octanol–water partition coefficient (Wildman–Crippen LogP) is 2.72. The maximum Gasteiger partial charge on any atom is 0.306 e. The van der Waals surface area contributed by atoms with E-state index in [1.165, 1.54) is 29.7 Å². The summed E-state index contributed by atoms with van der Waals surface area (Å²) in [6.45, 7) is 4.05. The molecule has 102 valence electrons. The van der Waals surface area contributed by atoms with Crippen LogP contribution >= 0.6 is 0 Å². The number of carboxylic acid groups (broad SMARTS) is 1. The highest BCUT2D eigenvalue weighted by molar-refractivity contribution is 5.71. The molecule has 1 fully saturated rings. The largest absolute Gasteiger partial charge is 0.481 e. The van der Waals surface area contributed by atoms with Crippen LogP contribution in [0.4, 0.5) is 5.69 Å². The minimum atomic E-state index is -0.704. The van der Waals surface area contributed by atoms with Crippen LogP contribution in [0, 0.1) is 11.8 Å². The minimum absolute atomic E-state index is 0.310. The SMILES string of the molecule is CC(Cc1cccc2c1N(CC1CC1)CC2)C(=O)O. The highest BCUT2D eigenvalue weighted by Crippen LogP contribution is 2.37. The summed E-state index contributed by atoms with van der Waals surface area (Å²) in [5, 5.41) is 9.10. The number of benzene rings is 1. The van der Waals surface area contributed by atoms with Crippen LogP contribution < -0.4 is 4.90 Å². The van der Waals surface area contributed by atoms with Gasteiger partial charge in [0.15, 0.2) is 0 Å². The topological polar surface area (TPSA) is 40.5 Å². The molecule has 3 heteroatoms. The third kappa shape index (κ3) is 2.60. The average Bonchev–Trinajstić information content (AvgIpc) is 3.09. The number of aliphatic carboxylic acids is 1. The summed E-state index contributed by atoms with van der Waals surface area (Å²) >= 11 is 0. The van der Waals surface area contributed by atoms with Gasteiger partial charge in [-0.05, 0) is 42.7 Å². The van der Waals surface area contributed by atoms with E-state index in [1.807, 2.05) is 0 Å². The van der Waals surface area contributed by atoms with Gasteiger partial charge in [-0.1, -0.05) is 25.1 Å². The number of carbonyl (C=O) groups is 1. The summed E-state index contributed by atoms with van der Waals surface area (Å²) in [6.07, 6.45) is 4.47. The summed E-state index contributed by atoms with van der Waals surface area (Å²) in [5.74, 6) is -0.143. The number of hydrogen-bond donors (Lipinski definition) is 1. The third-order valence-electron chi connectivity index (χ3n) is 4.29. The van der Waals surface area contributed by atoms with Crippen LogP contribution in [0.2, 0.25) is 0 Å². The monoisotopic (exact) mass is 259 g/mol. The van der Waals surface area contributed by atoms with Gasteiger partial charge in [-0.3, -0.25) is 4.79 Å². The van der Waals surface area contributed by atoms with Gasteiger partial charge in [-0.15, -0.1) is 0 Å². The van der Waals surface area contributed by atoms with Crippen molar-refractivity contribution in [3.8, 4) is 0 Å². The summed E-state index contributed by atoms with van der Waals surface area (Å²) < 4.78 is 0. The zero-order chi connectivity index (χ0) is 13.4. The minimum Gasteiger partial charge on any atom is -0.481 e. The van der Waals surface area contributed by atoms with Crippen molar-refractivity contribution in [2.45, 2.75) is 32.6 Å². The van der Waals surface area contributed by atoms with Gasteiger partial charge in [0.25, 0.3) is 0 Å². The van der Waals surface area contributed by atoms with Crippen molar-refractivity contribution in [1.82, 2.24) is 0 Å². The fourth-order valence-electron chi connectivity index (χ4n) is 3.00. The molecule has 1 heterocycles. The first kappa shape index (κ1) is 12.5. The Kier molecular flexibility index (Phi) is 3.21. The molecule has 1 aliphatic carbocycles. The number of rotatable bonds is 5. The van der Waals surface area contributed by atoms with Crippen molar-refractivity contribution >= 4 is 11.7 Å². The Labute approximate surface area is 114 Å². The number of nitrogens with zero attached hydrogens (tertiary/aromatic N) is 1. The van der Waals surface area contributed by atoms with Gasteiger partial charge < -0.3 is 10.0 Å². The molecule has 1 atom stereocenters. The smallest absolute Gasteiger partial charge is 0.306 e. The maximum atomic E-state index is 11.1. The van der Waals surface area contributed by atoms with Crippen LogP contribution in [-0.4, -0.2) is 24.2 Å². The lowest BCUT2D eigenvalue weighted by atomic mass is 9.97. The highest BCUT2D eigenvalue weighted by Gasteiger charge is 2.29. The van der Waals surface area contributed by atoms with E-state index < -0.39 is 5.97 Å². The Balaban J connectivity index is 1.84. The second-order valence-electron chi connectivity index (χ2n) is 6.01. The van der Waals surface area contributed by atoms with E-state index in [0.717, 1.165) is 25.4 Å². The summed E-state index contributed by atoms with van der Waals surface area (Å²) in [7, 11) is 0. The second-order valence-corrected chi connectivity index (χ2v) is 6.01. The van der Waals surface area contributed by atoms with Gasteiger partial charge in [0.1, 0.15) is 0 Å². The summed E-state index contributed by atoms with van der Waals surface area (Å²) in [6, 6.07) is 6.37. The van der Waals surface area contributed by atoms with E-state index in [9.17, 15) is 4.79 Å². The first-order valence-electron chi connectivity index (χ1n) is 7.23. The molecule has 1 aliphatic heterocycles. The lowest BCUT2D eigenvalue weighted by molar-refractivity contribution is -0.141. The molecule has 1 unspecified atom stereocenters. The molecule has 1 N–H and O–H groups in total. The fraction of sp³-hybridized carbons (Fsp3) is 0.562. The van der Waals surface area contributed by atoms with E-state index in [4.69, 9.17) is 5.11 Å². The molecule has 0 bridgehead atoms. The molecular weight excluding hydrogens is 238 g/mol. The normalized spacial score (nSPS) is 19.3. The van der Waals surface area contributed by atoms with Gasteiger partial charge in [0.2, 0.25) is 0 Å². The van der Waals surface area contributed by atoms with Crippen molar-refractivity contribution in [2.24, 2.45) is 11.8 Å². The van der Waals surface area contributed by atoms with Gasteiger partial charge in [-0.25, -0.2) is 0 Å². The molecule has 0 radical (unpaired) electrons. The first-order valence-corrected chi connectivity index (χ1v) is 7.23. The van der Waals surface area contributed by atoms with Crippen molar-refractivity contribution < 1.29 is 9.90 Å². The van der Waals surface area contributed by atoms with Crippen LogP contribution in [0.1, 0.15) is 30.9 Å². The van der Waals surface area contributed by atoms with Crippen molar-refractivity contribution in [3.05, 3.63) is 29.3 Å². The maximum absolute atomic E-state index is 11.1. The molecule has 0 aromatic heterocycles. The van der Waals surface area contributed by atoms with Gasteiger partial charge in [0.05, 0.1) is 5.92 Å². The van der Waals surface area contributed by atoms with Crippen molar-refractivity contribution in [1.29, 1.82) is 0 Å². The quantitative estimate of drug-likeness (QED) is 0.884.